The van der Waals surface area contributed by atoms with E-state index >= 15 is 0 Å². The fourth-order valence-electron chi connectivity index (χ4n) is 3.40. The number of carbonyl (C=O) groups excluding carboxylic acids is 1. The zero-order chi connectivity index (χ0) is 18.8. The Morgan fingerprint density at radius 1 is 1.04 bits per heavy atom. The van der Waals surface area contributed by atoms with Crippen molar-refractivity contribution in [2.75, 3.05) is 0 Å². The van der Waals surface area contributed by atoms with E-state index in [9.17, 15) is 31.1 Å². The maximum absolute atomic E-state index is 13.5. The zero-order valence-electron chi connectivity index (χ0n) is 12.5. The predicted octanol–water partition coefficient (Wildman–Crippen LogP) is 6.08. The van der Waals surface area contributed by atoms with E-state index in [1.807, 2.05) is 0 Å². The van der Waals surface area contributed by atoms with Crippen LogP contribution in [0.25, 0.3) is 0 Å². The SMILES string of the molecule is O=C[C@@H]1[C@@H](c2cc(C(F)(F)F)cc(C(F)(F)F)c2C2CCC2)C1(Cl)Cl. The van der Waals surface area contributed by atoms with Gasteiger partial charge in [-0.3, -0.25) is 0 Å². The topological polar surface area (TPSA) is 17.1 Å². The first-order chi connectivity index (χ1) is 11.4. The van der Waals surface area contributed by atoms with E-state index in [1.54, 1.807) is 0 Å². The van der Waals surface area contributed by atoms with Crippen molar-refractivity contribution < 1.29 is 31.1 Å². The number of alkyl halides is 8. The van der Waals surface area contributed by atoms with Crippen molar-refractivity contribution in [3.05, 3.63) is 34.4 Å². The van der Waals surface area contributed by atoms with Gasteiger partial charge in [0.1, 0.15) is 10.6 Å². The summed E-state index contributed by atoms with van der Waals surface area (Å²) in [6, 6.07) is 0.802. The van der Waals surface area contributed by atoms with Crippen molar-refractivity contribution in [1.82, 2.24) is 0 Å². The Morgan fingerprint density at radius 3 is 2.00 bits per heavy atom. The van der Waals surface area contributed by atoms with Gasteiger partial charge in [0.05, 0.1) is 17.0 Å². The molecule has 1 nitrogen and oxygen atoms in total. The normalized spacial score (nSPS) is 26.2. The van der Waals surface area contributed by atoms with E-state index in [-0.39, 0.29) is 17.2 Å². The first-order valence-electron chi connectivity index (χ1n) is 7.54. The largest absolute Gasteiger partial charge is 0.416 e. The highest BCUT2D eigenvalue weighted by Crippen LogP contribution is 2.66. The van der Waals surface area contributed by atoms with E-state index in [4.69, 9.17) is 23.2 Å². The van der Waals surface area contributed by atoms with E-state index in [0.29, 0.717) is 31.6 Å². The molecule has 0 aliphatic heterocycles. The van der Waals surface area contributed by atoms with E-state index in [2.05, 4.69) is 0 Å². The van der Waals surface area contributed by atoms with Crippen molar-refractivity contribution in [3.63, 3.8) is 0 Å². The molecule has 0 spiro atoms. The second-order valence-corrected chi connectivity index (χ2v) is 7.91. The smallest absolute Gasteiger partial charge is 0.303 e. The number of rotatable bonds is 3. The van der Waals surface area contributed by atoms with Crippen LogP contribution in [0.5, 0.6) is 0 Å². The summed E-state index contributed by atoms with van der Waals surface area (Å²) in [6.45, 7) is 0. The summed E-state index contributed by atoms with van der Waals surface area (Å²) in [5.41, 5.74) is -3.15. The van der Waals surface area contributed by atoms with Crippen LogP contribution >= 0.6 is 23.2 Å². The molecule has 9 heteroatoms. The second kappa shape index (κ2) is 5.78. The number of hydrogen-bond donors (Lipinski definition) is 0. The average Bonchev–Trinajstić information content (AvgIpc) is 2.95. The van der Waals surface area contributed by atoms with Gasteiger partial charge in [0.25, 0.3) is 0 Å². The van der Waals surface area contributed by atoms with Crippen molar-refractivity contribution in [3.8, 4) is 0 Å². The van der Waals surface area contributed by atoms with E-state index < -0.39 is 45.6 Å². The molecule has 0 heterocycles. The Hall–Kier alpha value is -0.950. The molecule has 2 saturated carbocycles. The lowest BCUT2D eigenvalue weighted by Crippen LogP contribution is -2.21. The molecule has 0 radical (unpaired) electrons. The molecule has 1 aromatic rings. The first-order valence-corrected chi connectivity index (χ1v) is 8.30. The molecule has 2 aliphatic rings. The standard InChI is InChI=1S/C16H12Cl2F6O/c17-14(18)11(6-25)13(14)9-4-8(15(19,20)21)5-10(16(22,23)24)12(9)7-2-1-3-7/h4-7,11,13H,1-3H2/t11-,13-/m1/s1. The van der Waals surface area contributed by atoms with Crippen molar-refractivity contribution in [1.29, 1.82) is 0 Å². The van der Waals surface area contributed by atoms with Gasteiger partial charge in [-0.15, -0.1) is 23.2 Å². The van der Waals surface area contributed by atoms with Crippen LogP contribution in [0.2, 0.25) is 0 Å². The molecule has 2 aliphatic carbocycles. The van der Waals surface area contributed by atoms with Crippen LogP contribution in [-0.4, -0.2) is 10.6 Å². The van der Waals surface area contributed by atoms with Gasteiger partial charge in [-0.25, -0.2) is 0 Å². The minimum atomic E-state index is -4.96. The zero-order valence-corrected chi connectivity index (χ0v) is 14.0. The van der Waals surface area contributed by atoms with Crippen LogP contribution in [0, 0.1) is 5.92 Å². The molecular formula is C16H12Cl2F6O. The average molecular weight is 405 g/mol. The van der Waals surface area contributed by atoms with Gasteiger partial charge >= 0.3 is 12.4 Å². The number of halogens is 8. The van der Waals surface area contributed by atoms with Crippen LogP contribution < -0.4 is 0 Å². The molecule has 0 saturated heterocycles. The lowest BCUT2D eigenvalue weighted by atomic mass is 9.74. The molecule has 0 aromatic heterocycles. The Kier molecular flexibility index (Phi) is 4.35. The molecule has 0 N–H and O–H groups in total. The molecule has 0 unspecified atom stereocenters. The van der Waals surface area contributed by atoms with Crippen LogP contribution in [-0.2, 0) is 17.1 Å². The van der Waals surface area contributed by atoms with Crippen molar-refractivity contribution in [2.24, 2.45) is 5.92 Å². The molecule has 2 fully saturated rings. The fraction of sp³-hybridized carbons (Fsp3) is 0.562. The number of aldehydes is 1. The highest BCUT2D eigenvalue weighted by molar-refractivity contribution is 6.53. The van der Waals surface area contributed by atoms with E-state index in [1.165, 1.54) is 0 Å². The summed E-state index contributed by atoms with van der Waals surface area (Å²) in [4.78, 5) is 11.1. The Balaban J connectivity index is 2.25. The monoisotopic (exact) mass is 404 g/mol. The van der Waals surface area contributed by atoms with Gasteiger partial charge in [-0.2, -0.15) is 26.3 Å². The summed E-state index contributed by atoms with van der Waals surface area (Å²) in [7, 11) is 0. The second-order valence-electron chi connectivity index (χ2n) is 6.46. The summed E-state index contributed by atoms with van der Waals surface area (Å²) >= 11 is 11.9. The lowest BCUT2D eigenvalue weighted by Gasteiger charge is -2.32. The third-order valence-electron chi connectivity index (χ3n) is 4.95. The van der Waals surface area contributed by atoms with E-state index in [0.717, 1.165) is 0 Å². The van der Waals surface area contributed by atoms with Gasteiger partial charge < -0.3 is 4.79 Å². The van der Waals surface area contributed by atoms with Gasteiger partial charge in [-0.05, 0) is 42.0 Å². The third kappa shape index (κ3) is 3.14. The first kappa shape index (κ1) is 18.8. The summed E-state index contributed by atoms with van der Waals surface area (Å²) in [6.07, 6.45) is -7.96. The molecule has 0 amide bonds. The van der Waals surface area contributed by atoms with Crippen LogP contribution in [0.3, 0.4) is 0 Å². The number of hydrogen-bond acceptors (Lipinski definition) is 1. The molecule has 138 valence electrons. The molecule has 1 aromatic carbocycles. The Bertz CT molecular complexity index is 706. The highest BCUT2D eigenvalue weighted by Gasteiger charge is 2.65. The number of carbonyl (C=O) groups is 1. The van der Waals surface area contributed by atoms with Gasteiger partial charge in [0.2, 0.25) is 0 Å². The quantitative estimate of drug-likeness (QED) is 0.339. The minimum absolute atomic E-state index is 0.138. The fourth-order valence-corrected chi connectivity index (χ4v) is 4.14. The van der Waals surface area contributed by atoms with Crippen LogP contribution in [0.15, 0.2) is 12.1 Å². The molecule has 25 heavy (non-hydrogen) atoms. The minimum Gasteiger partial charge on any atom is -0.303 e. The summed E-state index contributed by atoms with van der Waals surface area (Å²) in [5, 5.41) is 0. The van der Waals surface area contributed by atoms with Crippen molar-refractivity contribution in [2.45, 2.75) is 47.8 Å². The molecule has 3 rings (SSSR count). The number of benzene rings is 1. The van der Waals surface area contributed by atoms with Crippen LogP contribution in [0.1, 0.15) is 53.4 Å². The van der Waals surface area contributed by atoms with Gasteiger partial charge in [0.15, 0.2) is 0 Å². The molecule has 0 bridgehead atoms. The predicted molar refractivity (Wildman–Crippen MR) is 79.8 cm³/mol. The molecular weight excluding hydrogens is 393 g/mol. The maximum atomic E-state index is 13.5. The Morgan fingerprint density at radius 2 is 1.64 bits per heavy atom. The van der Waals surface area contributed by atoms with Crippen molar-refractivity contribution >= 4 is 29.5 Å². The van der Waals surface area contributed by atoms with Gasteiger partial charge in [0, 0.05) is 5.92 Å². The lowest BCUT2D eigenvalue weighted by molar-refractivity contribution is -0.143. The Labute approximate surface area is 149 Å². The van der Waals surface area contributed by atoms with Crippen LogP contribution in [0.4, 0.5) is 26.3 Å². The highest BCUT2D eigenvalue weighted by atomic mass is 35.5. The third-order valence-corrected chi connectivity index (χ3v) is 5.92. The maximum Gasteiger partial charge on any atom is 0.416 e. The van der Waals surface area contributed by atoms with Gasteiger partial charge in [-0.1, -0.05) is 6.42 Å². The summed E-state index contributed by atoms with van der Waals surface area (Å²) in [5.74, 6) is -2.61. The summed E-state index contributed by atoms with van der Waals surface area (Å²) < 4.78 is 78.1. The molecule has 2 atom stereocenters.